The van der Waals surface area contributed by atoms with E-state index in [2.05, 4.69) is 53.5 Å². The first-order valence-electron chi connectivity index (χ1n) is 9.61. The van der Waals surface area contributed by atoms with Crippen molar-refractivity contribution in [3.63, 3.8) is 0 Å². The van der Waals surface area contributed by atoms with Crippen molar-refractivity contribution in [1.82, 2.24) is 19.7 Å². The van der Waals surface area contributed by atoms with Crippen LogP contribution in [0.25, 0.3) is 16.6 Å². The number of benzene rings is 1. The zero-order valence-corrected chi connectivity index (χ0v) is 15.8. The Morgan fingerprint density at radius 3 is 2.78 bits per heavy atom. The minimum atomic E-state index is 0.567. The van der Waals surface area contributed by atoms with Crippen molar-refractivity contribution in [3.8, 4) is 0 Å². The average Bonchev–Trinajstić information content (AvgIpc) is 3.07. The van der Waals surface area contributed by atoms with Crippen LogP contribution in [0.4, 0.5) is 0 Å². The molecular formula is C21H24N6. The molecule has 0 atom stereocenters. The summed E-state index contributed by atoms with van der Waals surface area (Å²) in [6.45, 7) is 3.07. The van der Waals surface area contributed by atoms with Gasteiger partial charge in [-0.15, -0.1) is 0 Å². The van der Waals surface area contributed by atoms with Crippen LogP contribution in [-0.4, -0.2) is 57.9 Å². The maximum absolute atomic E-state index is 4.89. The molecule has 0 amide bonds. The van der Waals surface area contributed by atoms with Crippen LogP contribution < -0.4 is 0 Å². The number of piperidine rings is 1. The zero-order chi connectivity index (χ0) is 18.4. The van der Waals surface area contributed by atoms with E-state index in [1.54, 1.807) is 0 Å². The molecule has 5 rings (SSSR count). The number of hydrogen-bond acceptors (Lipinski definition) is 5. The number of aliphatic imine (C=N–C) groups is 1. The molecule has 27 heavy (non-hydrogen) atoms. The SMILES string of the molecule is CN1CCC(C2=NN3CC=C(c4ccc5nn(C)cc5c4)N=C3C=C2)CC1. The zero-order valence-electron chi connectivity index (χ0n) is 15.8. The highest BCUT2D eigenvalue weighted by atomic mass is 15.5. The van der Waals surface area contributed by atoms with Gasteiger partial charge in [0.25, 0.3) is 0 Å². The number of allylic oxidation sites excluding steroid dienone is 1. The highest BCUT2D eigenvalue weighted by Gasteiger charge is 2.25. The fraction of sp³-hybridized carbons (Fsp3) is 0.381. The maximum Gasteiger partial charge on any atom is 0.149 e. The summed E-state index contributed by atoms with van der Waals surface area (Å²) >= 11 is 0. The molecule has 0 N–H and O–H groups in total. The van der Waals surface area contributed by atoms with Crippen LogP contribution in [0.1, 0.15) is 18.4 Å². The summed E-state index contributed by atoms with van der Waals surface area (Å²) < 4.78 is 1.85. The summed E-state index contributed by atoms with van der Waals surface area (Å²) in [5, 5.41) is 12.5. The van der Waals surface area contributed by atoms with E-state index in [9.17, 15) is 0 Å². The molecule has 0 unspecified atom stereocenters. The second-order valence-electron chi connectivity index (χ2n) is 7.65. The Bertz CT molecular complexity index is 1000. The molecule has 1 saturated heterocycles. The minimum Gasteiger partial charge on any atom is -0.306 e. The molecule has 3 aliphatic rings. The molecule has 1 fully saturated rings. The van der Waals surface area contributed by atoms with Crippen molar-refractivity contribution in [1.29, 1.82) is 0 Å². The van der Waals surface area contributed by atoms with Crippen LogP contribution in [0.5, 0.6) is 0 Å². The summed E-state index contributed by atoms with van der Waals surface area (Å²) in [6.07, 6.45) is 10.9. The Labute approximate surface area is 159 Å². The molecule has 0 aliphatic carbocycles. The number of aromatic nitrogens is 2. The molecule has 0 bridgehead atoms. The van der Waals surface area contributed by atoms with Crippen molar-refractivity contribution in [2.45, 2.75) is 12.8 Å². The topological polar surface area (TPSA) is 49.0 Å². The highest BCUT2D eigenvalue weighted by molar-refractivity contribution is 6.09. The summed E-state index contributed by atoms with van der Waals surface area (Å²) in [5.74, 6) is 1.49. The third-order valence-electron chi connectivity index (χ3n) is 5.65. The number of hydrazone groups is 1. The normalized spacial score (nSPS) is 21.1. The fourth-order valence-corrected chi connectivity index (χ4v) is 4.05. The third-order valence-corrected chi connectivity index (χ3v) is 5.65. The molecule has 0 spiro atoms. The van der Waals surface area contributed by atoms with Gasteiger partial charge in [-0.2, -0.15) is 10.2 Å². The summed E-state index contributed by atoms with van der Waals surface area (Å²) in [4.78, 5) is 7.25. The van der Waals surface area contributed by atoms with Crippen molar-refractivity contribution in [2.24, 2.45) is 23.1 Å². The number of fused-ring (bicyclic) bond motifs is 2. The number of aryl methyl sites for hydroxylation is 1. The van der Waals surface area contributed by atoms with E-state index < -0.39 is 0 Å². The number of rotatable bonds is 2. The number of nitrogens with zero attached hydrogens (tertiary/aromatic N) is 6. The second kappa shape index (κ2) is 6.46. The lowest BCUT2D eigenvalue weighted by Crippen LogP contribution is -2.37. The molecule has 0 saturated carbocycles. The van der Waals surface area contributed by atoms with Crippen LogP contribution in [0.2, 0.25) is 0 Å². The molecule has 1 aromatic heterocycles. The van der Waals surface area contributed by atoms with Gasteiger partial charge in [-0.05, 0) is 63.3 Å². The molecule has 4 heterocycles. The summed E-state index contributed by atoms with van der Waals surface area (Å²) in [7, 11) is 4.14. The van der Waals surface area contributed by atoms with Crippen molar-refractivity contribution in [3.05, 3.63) is 48.2 Å². The highest BCUT2D eigenvalue weighted by Crippen LogP contribution is 2.27. The van der Waals surface area contributed by atoms with Gasteiger partial charge in [0.15, 0.2) is 0 Å². The molecule has 6 heteroatoms. The van der Waals surface area contributed by atoms with E-state index in [0.29, 0.717) is 5.92 Å². The molecule has 1 aromatic carbocycles. The maximum atomic E-state index is 4.89. The van der Waals surface area contributed by atoms with E-state index in [1.807, 2.05) is 22.9 Å². The van der Waals surface area contributed by atoms with E-state index in [0.717, 1.165) is 47.6 Å². The van der Waals surface area contributed by atoms with Crippen LogP contribution in [-0.2, 0) is 7.05 Å². The largest absolute Gasteiger partial charge is 0.306 e. The molecule has 2 aromatic rings. The predicted octanol–water partition coefficient (Wildman–Crippen LogP) is 2.90. The van der Waals surface area contributed by atoms with Gasteiger partial charge in [-0.1, -0.05) is 6.07 Å². The lowest BCUT2D eigenvalue weighted by atomic mass is 9.91. The van der Waals surface area contributed by atoms with Gasteiger partial charge in [0.1, 0.15) is 5.84 Å². The Hall–Kier alpha value is -2.73. The number of hydrogen-bond donors (Lipinski definition) is 0. The Kier molecular flexibility index (Phi) is 3.93. The van der Waals surface area contributed by atoms with E-state index in [4.69, 9.17) is 10.1 Å². The van der Waals surface area contributed by atoms with Gasteiger partial charge >= 0.3 is 0 Å². The molecule has 6 nitrogen and oxygen atoms in total. The molecule has 0 radical (unpaired) electrons. The number of amidine groups is 1. The molecule has 138 valence electrons. The van der Waals surface area contributed by atoms with Crippen molar-refractivity contribution < 1.29 is 0 Å². The van der Waals surface area contributed by atoms with Crippen LogP contribution >= 0.6 is 0 Å². The summed E-state index contributed by atoms with van der Waals surface area (Å²) in [6, 6.07) is 6.32. The molecular weight excluding hydrogens is 336 g/mol. The minimum absolute atomic E-state index is 0.567. The first-order valence-corrected chi connectivity index (χ1v) is 9.61. The first-order chi connectivity index (χ1) is 13.2. The van der Waals surface area contributed by atoms with Crippen LogP contribution in [0.3, 0.4) is 0 Å². The van der Waals surface area contributed by atoms with Gasteiger partial charge in [-0.3, -0.25) is 4.68 Å². The average molecular weight is 360 g/mol. The predicted molar refractivity (Wildman–Crippen MR) is 110 cm³/mol. The monoisotopic (exact) mass is 360 g/mol. The Morgan fingerprint density at radius 1 is 1.07 bits per heavy atom. The fourth-order valence-electron chi connectivity index (χ4n) is 4.05. The van der Waals surface area contributed by atoms with Crippen molar-refractivity contribution in [2.75, 3.05) is 26.7 Å². The van der Waals surface area contributed by atoms with Crippen LogP contribution in [0, 0.1) is 5.92 Å². The smallest absolute Gasteiger partial charge is 0.149 e. The lowest BCUT2D eigenvalue weighted by Gasteiger charge is -2.32. The Morgan fingerprint density at radius 2 is 1.93 bits per heavy atom. The van der Waals surface area contributed by atoms with Gasteiger partial charge < -0.3 is 4.90 Å². The summed E-state index contributed by atoms with van der Waals surface area (Å²) in [5.41, 5.74) is 4.35. The van der Waals surface area contributed by atoms with Crippen molar-refractivity contribution >= 4 is 28.1 Å². The van der Waals surface area contributed by atoms with E-state index >= 15 is 0 Å². The molecule has 3 aliphatic heterocycles. The van der Waals surface area contributed by atoms with Gasteiger partial charge in [0.05, 0.1) is 23.5 Å². The van der Waals surface area contributed by atoms with Gasteiger partial charge in [0.2, 0.25) is 0 Å². The van der Waals surface area contributed by atoms with Crippen LogP contribution in [0.15, 0.2) is 52.7 Å². The van der Waals surface area contributed by atoms with E-state index in [-0.39, 0.29) is 0 Å². The van der Waals surface area contributed by atoms with Gasteiger partial charge in [0, 0.05) is 30.1 Å². The quantitative estimate of drug-likeness (QED) is 0.827. The second-order valence-corrected chi connectivity index (χ2v) is 7.65. The standard InChI is InChI=1S/C21H24N6/c1-25-10-7-15(8-11-25)19-5-6-21-22-18(9-12-27(21)24-19)16-3-4-20-17(13-16)14-26(2)23-20/h3-6,9,13-15H,7-8,10-12H2,1-2H3. The van der Waals surface area contributed by atoms with Gasteiger partial charge in [-0.25, -0.2) is 10.0 Å². The van der Waals surface area contributed by atoms with E-state index in [1.165, 1.54) is 18.6 Å². The lowest BCUT2D eigenvalue weighted by molar-refractivity contribution is 0.251. The third kappa shape index (κ3) is 3.10. The first kappa shape index (κ1) is 16.4. The Balaban J connectivity index is 1.37. The number of likely N-dealkylation sites (tertiary alicyclic amines) is 1.